The van der Waals surface area contributed by atoms with E-state index in [4.69, 9.17) is 11.6 Å². The summed E-state index contributed by atoms with van der Waals surface area (Å²) in [6.45, 7) is 0.346. The first-order valence-electron chi connectivity index (χ1n) is 8.57. The Morgan fingerprint density at radius 3 is 2.72 bits per heavy atom. The van der Waals surface area contributed by atoms with E-state index in [0.717, 1.165) is 5.56 Å². The lowest BCUT2D eigenvalue weighted by Gasteiger charge is -2.06. The van der Waals surface area contributed by atoms with E-state index in [1.165, 1.54) is 34.9 Å². The van der Waals surface area contributed by atoms with E-state index in [9.17, 15) is 9.18 Å². The number of thioether (sulfide) groups is 1. The number of fused-ring (bicyclic) bond motifs is 1. The van der Waals surface area contributed by atoms with E-state index in [2.05, 4.69) is 25.6 Å². The van der Waals surface area contributed by atoms with Crippen LogP contribution in [0.2, 0.25) is 5.02 Å². The van der Waals surface area contributed by atoms with Crippen LogP contribution in [0.3, 0.4) is 0 Å². The van der Waals surface area contributed by atoms with E-state index < -0.39 is 0 Å². The average Bonchev–Trinajstić information content (AvgIpc) is 3.17. The van der Waals surface area contributed by atoms with E-state index >= 15 is 0 Å². The number of benzene rings is 2. The molecule has 0 saturated carbocycles. The van der Waals surface area contributed by atoms with Crippen molar-refractivity contribution < 1.29 is 9.18 Å². The number of carbonyl (C=O) groups excluding carboxylic acids is 1. The first-order valence-corrected chi connectivity index (χ1v) is 9.93. The number of rotatable bonds is 6. The second kappa shape index (κ2) is 8.54. The van der Waals surface area contributed by atoms with Crippen molar-refractivity contribution in [2.75, 3.05) is 5.75 Å². The topological polar surface area (TPSA) is 85.6 Å². The minimum atomic E-state index is -0.341. The maximum absolute atomic E-state index is 13.2. The molecular formula is C19H14ClFN6OS. The molecule has 4 aromatic rings. The van der Waals surface area contributed by atoms with E-state index in [1.807, 2.05) is 18.2 Å². The average molecular weight is 429 g/mol. The summed E-state index contributed by atoms with van der Waals surface area (Å²) in [4.78, 5) is 20.6. The zero-order chi connectivity index (χ0) is 20.2. The van der Waals surface area contributed by atoms with E-state index in [1.54, 1.807) is 18.2 Å². The maximum Gasteiger partial charge on any atom is 0.230 e. The quantitative estimate of drug-likeness (QED) is 0.374. The van der Waals surface area contributed by atoms with Gasteiger partial charge in [0.25, 0.3) is 0 Å². The van der Waals surface area contributed by atoms with Crippen molar-refractivity contribution in [3.8, 4) is 5.69 Å². The molecule has 0 aliphatic heterocycles. The standard InChI is InChI=1S/C19H14ClFN6OS/c20-15-4-2-1-3-12(15)9-22-16(28)10-29-19-17-18(23-11-24-19)27(26-25-17)14-7-5-13(21)6-8-14/h1-8,11H,9-10H2,(H,22,28). The highest BCUT2D eigenvalue weighted by Gasteiger charge is 2.15. The zero-order valence-electron chi connectivity index (χ0n) is 14.9. The van der Waals surface area contributed by atoms with Crippen LogP contribution < -0.4 is 5.32 Å². The highest BCUT2D eigenvalue weighted by Crippen LogP contribution is 2.24. The fourth-order valence-corrected chi connectivity index (χ4v) is 3.57. The second-order valence-electron chi connectivity index (χ2n) is 5.99. The first kappa shape index (κ1) is 19.3. The van der Waals surface area contributed by atoms with Gasteiger partial charge < -0.3 is 5.32 Å². The van der Waals surface area contributed by atoms with Crippen LogP contribution in [0.4, 0.5) is 4.39 Å². The molecule has 0 bridgehead atoms. The molecule has 0 radical (unpaired) electrons. The summed E-state index contributed by atoms with van der Waals surface area (Å²) in [5.41, 5.74) is 2.42. The number of carbonyl (C=O) groups is 1. The van der Waals surface area contributed by atoms with E-state index in [0.29, 0.717) is 33.4 Å². The third-order valence-electron chi connectivity index (χ3n) is 4.05. The molecule has 0 atom stereocenters. The van der Waals surface area contributed by atoms with Crippen LogP contribution in [0.25, 0.3) is 16.9 Å². The molecule has 0 fully saturated rings. The minimum Gasteiger partial charge on any atom is -0.351 e. The molecule has 146 valence electrons. The second-order valence-corrected chi connectivity index (χ2v) is 7.36. The minimum absolute atomic E-state index is 0.153. The maximum atomic E-state index is 13.2. The Labute approximate surface area is 174 Å². The van der Waals surface area contributed by atoms with Gasteiger partial charge in [0.1, 0.15) is 17.2 Å². The van der Waals surface area contributed by atoms with Crippen LogP contribution >= 0.6 is 23.4 Å². The fraction of sp³-hybridized carbons (Fsp3) is 0.105. The summed E-state index contributed by atoms with van der Waals surface area (Å²) in [5, 5.41) is 12.2. The number of aromatic nitrogens is 5. The molecule has 2 aromatic carbocycles. The van der Waals surface area contributed by atoms with Gasteiger partial charge in [0.05, 0.1) is 11.4 Å². The Balaban J connectivity index is 1.45. The molecule has 0 aliphatic carbocycles. The summed E-state index contributed by atoms with van der Waals surface area (Å²) in [7, 11) is 0. The van der Waals surface area contributed by atoms with Gasteiger partial charge in [-0.05, 0) is 35.9 Å². The molecule has 1 N–H and O–H groups in total. The Bertz CT molecular complexity index is 1170. The van der Waals surface area contributed by atoms with Crippen LogP contribution in [0.1, 0.15) is 5.56 Å². The number of halogens is 2. The molecular weight excluding hydrogens is 415 g/mol. The summed E-state index contributed by atoms with van der Waals surface area (Å²) in [5.74, 6) is -0.348. The Kier molecular flexibility index (Phi) is 5.68. The Morgan fingerprint density at radius 2 is 1.93 bits per heavy atom. The number of nitrogens with one attached hydrogen (secondary N) is 1. The van der Waals surface area contributed by atoms with Crippen LogP contribution in [-0.4, -0.2) is 36.6 Å². The SMILES string of the molecule is O=C(CSc1ncnc2c1nnn2-c1ccc(F)cc1)NCc1ccccc1Cl. The predicted molar refractivity (Wildman–Crippen MR) is 108 cm³/mol. The molecule has 4 rings (SSSR count). The van der Waals surface area contributed by atoms with Crippen molar-refractivity contribution in [3.63, 3.8) is 0 Å². The van der Waals surface area contributed by atoms with Gasteiger partial charge in [-0.1, -0.05) is 46.8 Å². The van der Waals surface area contributed by atoms with Crippen LogP contribution in [0, 0.1) is 5.82 Å². The van der Waals surface area contributed by atoms with Crippen LogP contribution in [-0.2, 0) is 11.3 Å². The third-order valence-corrected chi connectivity index (χ3v) is 5.40. The number of nitrogens with zero attached hydrogens (tertiary/aromatic N) is 5. The van der Waals surface area contributed by atoms with Crippen molar-refractivity contribution in [1.82, 2.24) is 30.3 Å². The molecule has 2 heterocycles. The smallest absolute Gasteiger partial charge is 0.230 e. The Morgan fingerprint density at radius 1 is 1.14 bits per heavy atom. The summed E-state index contributed by atoms with van der Waals surface area (Å²) in [6.07, 6.45) is 1.38. The highest BCUT2D eigenvalue weighted by atomic mass is 35.5. The van der Waals surface area contributed by atoms with Crippen molar-refractivity contribution in [2.45, 2.75) is 11.6 Å². The molecule has 1 amide bonds. The summed E-state index contributed by atoms with van der Waals surface area (Å²) >= 11 is 7.33. The molecule has 0 aliphatic rings. The molecule has 0 spiro atoms. The van der Waals surface area contributed by atoms with Crippen molar-refractivity contribution in [3.05, 3.63) is 71.3 Å². The van der Waals surface area contributed by atoms with Crippen molar-refractivity contribution in [1.29, 1.82) is 0 Å². The monoisotopic (exact) mass is 428 g/mol. The first-order chi connectivity index (χ1) is 14.1. The summed E-state index contributed by atoms with van der Waals surface area (Å²) < 4.78 is 14.7. The normalized spacial score (nSPS) is 11.0. The predicted octanol–water partition coefficient (Wildman–Crippen LogP) is 3.41. The van der Waals surface area contributed by atoms with Gasteiger partial charge in [0.2, 0.25) is 5.91 Å². The highest BCUT2D eigenvalue weighted by molar-refractivity contribution is 8.00. The van der Waals surface area contributed by atoms with Gasteiger partial charge in [0.15, 0.2) is 11.2 Å². The lowest BCUT2D eigenvalue weighted by Crippen LogP contribution is -2.24. The molecule has 2 aromatic heterocycles. The summed E-state index contributed by atoms with van der Waals surface area (Å²) in [6, 6.07) is 13.2. The number of amides is 1. The lowest BCUT2D eigenvalue weighted by molar-refractivity contribution is -0.118. The zero-order valence-corrected chi connectivity index (χ0v) is 16.5. The van der Waals surface area contributed by atoms with Gasteiger partial charge in [-0.2, -0.15) is 4.68 Å². The number of hydrogen-bond acceptors (Lipinski definition) is 6. The third kappa shape index (κ3) is 4.36. The van der Waals surface area contributed by atoms with Crippen molar-refractivity contribution in [2.24, 2.45) is 0 Å². The molecule has 10 heteroatoms. The van der Waals surface area contributed by atoms with Gasteiger partial charge in [-0.15, -0.1) is 5.10 Å². The molecule has 0 unspecified atom stereocenters. The molecule has 29 heavy (non-hydrogen) atoms. The van der Waals surface area contributed by atoms with Gasteiger partial charge in [-0.3, -0.25) is 4.79 Å². The lowest BCUT2D eigenvalue weighted by atomic mass is 10.2. The van der Waals surface area contributed by atoms with Crippen LogP contribution in [0.5, 0.6) is 0 Å². The number of hydrogen-bond donors (Lipinski definition) is 1. The van der Waals surface area contributed by atoms with E-state index in [-0.39, 0.29) is 17.5 Å². The van der Waals surface area contributed by atoms with Gasteiger partial charge in [-0.25, -0.2) is 14.4 Å². The van der Waals surface area contributed by atoms with Crippen LogP contribution in [0.15, 0.2) is 59.9 Å². The molecule has 7 nitrogen and oxygen atoms in total. The Hall–Kier alpha value is -3.04. The van der Waals surface area contributed by atoms with Crippen molar-refractivity contribution >= 4 is 40.4 Å². The molecule has 0 saturated heterocycles. The van der Waals surface area contributed by atoms with Gasteiger partial charge >= 0.3 is 0 Å². The fourth-order valence-electron chi connectivity index (χ4n) is 2.61. The largest absolute Gasteiger partial charge is 0.351 e. The van der Waals surface area contributed by atoms with Gasteiger partial charge in [0, 0.05) is 11.6 Å².